The average molecular weight is 314 g/mol. The number of nitrogens with zero attached hydrogens (tertiary/aromatic N) is 3. The number of rotatable bonds is 4. The normalized spacial score (nSPS) is 12.0. The largest absolute Gasteiger partial charge is 0.356 e. The van der Waals surface area contributed by atoms with Gasteiger partial charge in [-0.3, -0.25) is 0 Å². The summed E-state index contributed by atoms with van der Waals surface area (Å²) in [4.78, 5) is 11.5. The van der Waals surface area contributed by atoms with E-state index in [1.165, 1.54) is 0 Å². The second-order valence-corrected chi connectivity index (χ2v) is 6.87. The first kappa shape index (κ1) is 15.4. The molecule has 0 fully saturated rings. The Kier molecular flexibility index (Phi) is 5.14. The molecule has 1 aromatic rings. The van der Waals surface area contributed by atoms with Crippen LogP contribution in [0.1, 0.15) is 47.4 Å². The molecule has 0 amide bonds. The Labute approximate surface area is 119 Å². The number of hydrogen-bond acceptors (Lipinski definition) is 3. The van der Waals surface area contributed by atoms with Gasteiger partial charge < -0.3 is 4.90 Å². The molecule has 0 aliphatic rings. The van der Waals surface area contributed by atoms with E-state index in [0.29, 0.717) is 5.92 Å². The van der Waals surface area contributed by atoms with Gasteiger partial charge in [0.25, 0.3) is 0 Å². The van der Waals surface area contributed by atoms with Crippen LogP contribution in [-0.4, -0.2) is 23.1 Å². The molecule has 0 saturated heterocycles. The fourth-order valence-corrected chi connectivity index (χ4v) is 2.10. The van der Waals surface area contributed by atoms with E-state index in [0.717, 1.165) is 29.3 Å². The van der Waals surface area contributed by atoms with Crippen LogP contribution in [-0.2, 0) is 5.41 Å². The zero-order valence-electron chi connectivity index (χ0n) is 12.3. The lowest BCUT2D eigenvalue weighted by atomic mass is 9.96. The summed E-state index contributed by atoms with van der Waals surface area (Å²) in [6, 6.07) is 2.00. The second kappa shape index (κ2) is 6.00. The molecule has 102 valence electrons. The van der Waals surface area contributed by atoms with Gasteiger partial charge in [-0.25, -0.2) is 9.97 Å². The molecule has 0 aliphatic heterocycles. The third-order valence-electron chi connectivity index (χ3n) is 2.64. The number of aromatic nitrogens is 2. The van der Waals surface area contributed by atoms with Crippen LogP contribution in [0.5, 0.6) is 0 Å². The van der Waals surface area contributed by atoms with Crippen molar-refractivity contribution in [2.45, 2.75) is 47.0 Å². The van der Waals surface area contributed by atoms with Gasteiger partial charge in [-0.05, 0) is 28.8 Å². The molecule has 0 bridgehead atoms. The number of halogens is 1. The third-order valence-corrected chi connectivity index (χ3v) is 3.05. The van der Waals surface area contributed by atoms with Gasteiger partial charge in [0.1, 0.15) is 16.2 Å². The first-order valence-corrected chi connectivity index (χ1v) is 7.33. The van der Waals surface area contributed by atoms with Gasteiger partial charge in [-0.15, -0.1) is 0 Å². The van der Waals surface area contributed by atoms with Crippen molar-refractivity contribution in [2.24, 2.45) is 5.92 Å². The smallest absolute Gasteiger partial charge is 0.137 e. The zero-order valence-corrected chi connectivity index (χ0v) is 13.9. The Morgan fingerprint density at radius 1 is 1.28 bits per heavy atom. The SMILES string of the molecule is CCN(CC(C)C)c1cc(Br)nc(C(C)(C)C)n1. The highest BCUT2D eigenvalue weighted by atomic mass is 79.9. The van der Waals surface area contributed by atoms with Gasteiger partial charge >= 0.3 is 0 Å². The summed E-state index contributed by atoms with van der Waals surface area (Å²) in [6.45, 7) is 15.0. The lowest BCUT2D eigenvalue weighted by Crippen LogP contribution is -2.29. The number of anilines is 1. The van der Waals surface area contributed by atoms with Crippen molar-refractivity contribution in [3.05, 3.63) is 16.5 Å². The summed E-state index contributed by atoms with van der Waals surface area (Å²) in [5.74, 6) is 2.52. The van der Waals surface area contributed by atoms with Gasteiger partial charge in [0, 0.05) is 24.6 Å². The maximum atomic E-state index is 4.71. The molecule has 0 saturated carbocycles. The van der Waals surface area contributed by atoms with Gasteiger partial charge in [0.2, 0.25) is 0 Å². The molecule has 1 rings (SSSR count). The lowest BCUT2D eigenvalue weighted by Gasteiger charge is -2.26. The van der Waals surface area contributed by atoms with Crippen LogP contribution >= 0.6 is 15.9 Å². The molecule has 0 atom stereocenters. The molecule has 3 nitrogen and oxygen atoms in total. The van der Waals surface area contributed by atoms with Crippen molar-refractivity contribution in [1.29, 1.82) is 0 Å². The molecule has 4 heteroatoms. The van der Waals surface area contributed by atoms with E-state index in [1.54, 1.807) is 0 Å². The van der Waals surface area contributed by atoms with Crippen LogP contribution in [0.4, 0.5) is 5.82 Å². The van der Waals surface area contributed by atoms with E-state index >= 15 is 0 Å². The van der Waals surface area contributed by atoms with Crippen LogP contribution in [0, 0.1) is 5.92 Å². The van der Waals surface area contributed by atoms with Crippen LogP contribution in [0.15, 0.2) is 10.7 Å². The molecule has 0 aromatic carbocycles. The minimum Gasteiger partial charge on any atom is -0.356 e. The molecule has 0 aliphatic carbocycles. The van der Waals surface area contributed by atoms with E-state index in [4.69, 9.17) is 4.98 Å². The Bertz CT molecular complexity index is 397. The van der Waals surface area contributed by atoms with Crippen LogP contribution in [0.25, 0.3) is 0 Å². The van der Waals surface area contributed by atoms with Crippen molar-refractivity contribution in [2.75, 3.05) is 18.0 Å². The van der Waals surface area contributed by atoms with Gasteiger partial charge in [0.15, 0.2) is 0 Å². The molecule has 1 aromatic heterocycles. The molecule has 0 radical (unpaired) electrons. The van der Waals surface area contributed by atoms with Crippen molar-refractivity contribution in [1.82, 2.24) is 9.97 Å². The zero-order chi connectivity index (χ0) is 13.9. The fourth-order valence-electron chi connectivity index (χ4n) is 1.73. The van der Waals surface area contributed by atoms with E-state index < -0.39 is 0 Å². The lowest BCUT2D eigenvalue weighted by molar-refractivity contribution is 0.539. The summed E-state index contributed by atoms with van der Waals surface area (Å²) in [7, 11) is 0. The van der Waals surface area contributed by atoms with Crippen LogP contribution in [0.2, 0.25) is 0 Å². The van der Waals surface area contributed by atoms with Crippen molar-refractivity contribution < 1.29 is 0 Å². The highest BCUT2D eigenvalue weighted by molar-refractivity contribution is 9.10. The van der Waals surface area contributed by atoms with Crippen LogP contribution in [0.3, 0.4) is 0 Å². The second-order valence-electron chi connectivity index (χ2n) is 6.05. The highest BCUT2D eigenvalue weighted by Gasteiger charge is 2.20. The summed E-state index contributed by atoms with van der Waals surface area (Å²) in [5, 5.41) is 0. The molecule has 0 N–H and O–H groups in total. The minimum atomic E-state index is -0.0320. The maximum absolute atomic E-state index is 4.71. The Morgan fingerprint density at radius 3 is 2.33 bits per heavy atom. The van der Waals surface area contributed by atoms with E-state index in [1.807, 2.05) is 6.07 Å². The highest BCUT2D eigenvalue weighted by Crippen LogP contribution is 2.24. The van der Waals surface area contributed by atoms with Crippen LogP contribution < -0.4 is 4.90 Å². The standard InChI is InChI=1S/C14H24BrN3/c1-7-18(9-10(2)3)12-8-11(15)16-13(17-12)14(4,5)6/h8,10H,7,9H2,1-6H3. The average Bonchev–Trinajstić information content (AvgIpc) is 2.23. The first-order chi connectivity index (χ1) is 8.24. The molecule has 1 heterocycles. The van der Waals surface area contributed by atoms with Crippen molar-refractivity contribution in [3.8, 4) is 0 Å². The summed E-state index contributed by atoms with van der Waals surface area (Å²) in [5.41, 5.74) is -0.0320. The van der Waals surface area contributed by atoms with Crippen molar-refractivity contribution >= 4 is 21.7 Å². The van der Waals surface area contributed by atoms with E-state index in [9.17, 15) is 0 Å². The Morgan fingerprint density at radius 2 is 1.89 bits per heavy atom. The quantitative estimate of drug-likeness (QED) is 0.786. The Balaban J connectivity index is 3.11. The van der Waals surface area contributed by atoms with Gasteiger partial charge in [-0.2, -0.15) is 0 Å². The molecular formula is C14H24BrN3. The molecule has 18 heavy (non-hydrogen) atoms. The van der Waals surface area contributed by atoms with Crippen molar-refractivity contribution in [3.63, 3.8) is 0 Å². The monoisotopic (exact) mass is 313 g/mol. The first-order valence-electron chi connectivity index (χ1n) is 6.54. The molecular weight excluding hydrogens is 290 g/mol. The summed E-state index contributed by atoms with van der Waals surface area (Å²) in [6.07, 6.45) is 0. The fraction of sp³-hybridized carbons (Fsp3) is 0.714. The van der Waals surface area contributed by atoms with Gasteiger partial charge in [-0.1, -0.05) is 34.6 Å². The topological polar surface area (TPSA) is 29.0 Å². The predicted molar refractivity (Wildman–Crippen MR) is 81.2 cm³/mol. The molecule has 0 spiro atoms. The third kappa shape index (κ3) is 4.23. The van der Waals surface area contributed by atoms with Gasteiger partial charge in [0.05, 0.1) is 0 Å². The van der Waals surface area contributed by atoms with E-state index in [2.05, 4.69) is 67.4 Å². The summed E-state index contributed by atoms with van der Waals surface area (Å²) >= 11 is 3.49. The minimum absolute atomic E-state index is 0.0320. The van der Waals surface area contributed by atoms with E-state index in [-0.39, 0.29) is 5.41 Å². The predicted octanol–water partition coefficient (Wildman–Crippen LogP) is 4.02. The Hall–Kier alpha value is -0.640. The maximum Gasteiger partial charge on any atom is 0.137 e. The molecule has 0 unspecified atom stereocenters. The number of hydrogen-bond donors (Lipinski definition) is 0. The summed E-state index contributed by atoms with van der Waals surface area (Å²) < 4.78 is 0.861.